The zero-order chi connectivity index (χ0) is 12.5. The van der Waals surface area contributed by atoms with E-state index >= 15 is 0 Å². The minimum atomic E-state index is -3.15. The van der Waals surface area contributed by atoms with Crippen LogP contribution in [0.3, 0.4) is 0 Å². The third kappa shape index (κ3) is 2.87. The number of sulfone groups is 1. The fraction of sp³-hybridized carbons (Fsp3) is 0.538. The van der Waals surface area contributed by atoms with Crippen molar-refractivity contribution < 1.29 is 8.42 Å². The third-order valence-electron chi connectivity index (χ3n) is 3.25. The van der Waals surface area contributed by atoms with Crippen molar-refractivity contribution in [1.82, 2.24) is 5.32 Å². The lowest BCUT2D eigenvalue weighted by Gasteiger charge is -2.13. The Labute approximate surface area is 103 Å². The van der Waals surface area contributed by atoms with Gasteiger partial charge in [0.2, 0.25) is 0 Å². The van der Waals surface area contributed by atoms with E-state index in [4.69, 9.17) is 0 Å². The smallest absolute Gasteiger partial charge is 0.180 e. The quantitative estimate of drug-likeness (QED) is 0.894. The van der Waals surface area contributed by atoms with Gasteiger partial charge < -0.3 is 5.32 Å². The van der Waals surface area contributed by atoms with Crippen molar-refractivity contribution in [2.75, 3.05) is 12.3 Å². The minimum Gasteiger partial charge on any atom is -0.313 e. The highest BCUT2D eigenvalue weighted by Gasteiger charge is 2.24. The molecule has 0 aliphatic carbocycles. The average molecular weight is 253 g/mol. The number of rotatable bonds is 3. The van der Waals surface area contributed by atoms with Crippen LogP contribution in [0.2, 0.25) is 0 Å². The molecule has 0 aromatic heterocycles. The van der Waals surface area contributed by atoms with Crippen molar-refractivity contribution in [1.29, 1.82) is 0 Å². The maximum atomic E-state index is 12.3. The monoisotopic (exact) mass is 253 g/mol. The Morgan fingerprint density at radius 1 is 1.35 bits per heavy atom. The SMILES string of the molecule is Cc1ccc(S(=O)(=O)CC2CCCN2)c(C)c1. The molecule has 1 aromatic rings. The van der Waals surface area contributed by atoms with Gasteiger partial charge in [0, 0.05) is 6.04 Å². The summed E-state index contributed by atoms with van der Waals surface area (Å²) in [5.74, 6) is 0.219. The van der Waals surface area contributed by atoms with Crippen LogP contribution in [0.1, 0.15) is 24.0 Å². The van der Waals surface area contributed by atoms with E-state index in [2.05, 4.69) is 5.32 Å². The molecule has 1 unspecified atom stereocenters. The molecule has 4 heteroatoms. The van der Waals surface area contributed by atoms with Gasteiger partial charge in [-0.05, 0) is 44.9 Å². The van der Waals surface area contributed by atoms with E-state index in [9.17, 15) is 8.42 Å². The first-order valence-electron chi connectivity index (χ1n) is 6.02. The van der Waals surface area contributed by atoms with Gasteiger partial charge in [0.15, 0.2) is 9.84 Å². The molecule has 0 spiro atoms. The minimum absolute atomic E-state index is 0.126. The number of aryl methyl sites for hydroxylation is 2. The van der Waals surface area contributed by atoms with Crippen molar-refractivity contribution in [2.24, 2.45) is 0 Å². The van der Waals surface area contributed by atoms with Gasteiger partial charge >= 0.3 is 0 Å². The van der Waals surface area contributed by atoms with Gasteiger partial charge in [-0.1, -0.05) is 17.7 Å². The van der Waals surface area contributed by atoms with Gasteiger partial charge in [0.1, 0.15) is 0 Å². The highest BCUT2D eigenvalue weighted by atomic mass is 32.2. The lowest BCUT2D eigenvalue weighted by atomic mass is 10.2. The van der Waals surface area contributed by atoms with E-state index in [0.29, 0.717) is 4.90 Å². The van der Waals surface area contributed by atoms with Crippen molar-refractivity contribution in [3.63, 3.8) is 0 Å². The molecule has 3 nitrogen and oxygen atoms in total. The van der Waals surface area contributed by atoms with Gasteiger partial charge in [0.25, 0.3) is 0 Å². The van der Waals surface area contributed by atoms with Crippen LogP contribution in [0, 0.1) is 13.8 Å². The van der Waals surface area contributed by atoms with Crippen molar-refractivity contribution >= 4 is 9.84 Å². The maximum absolute atomic E-state index is 12.3. The molecular formula is C13H19NO2S. The molecule has 1 aliphatic rings. The highest BCUT2D eigenvalue weighted by molar-refractivity contribution is 7.91. The first-order chi connectivity index (χ1) is 7.99. The first kappa shape index (κ1) is 12.6. The Morgan fingerprint density at radius 2 is 2.12 bits per heavy atom. The number of hydrogen-bond acceptors (Lipinski definition) is 3. The zero-order valence-electron chi connectivity index (χ0n) is 10.4. The summed E-state index contributed by atoms with van der Waals surface area (Å²) in [5, 5.41) is 3.23. The highest BCUT2D eigenvalue weighted by Crippen LogP contribution is 2.20. The summed E-state index contributed by atoms with van der Waals surface area (Å²) in [4.78, 5) is 0.483. The summed E-state index contributed by atoms with van der Waals surface area (Å²) in [6.07, 6.45) is 2.04. The van der Waals surface area contributed by atoms with E-state index in [1.807, 2.05) is 26.0 Å². The second kappa shape index (κ2) is 4.78. The van der Waals surface area contributed by atoms with Crippen molar-refractivity contribution in [2.45, 2.75) is 37.6 Å². The summed E-state index contributed by atoms with van der Waals surface area (Å²) in [6.45, 7) is 4.77. The number of hydrogen-bond donors (Lipinski definition) is 1. The van der Waals surface area contributed by atoms with E-state index in [0.717, 1.165) is 30.5 Å². The van der Waals surface area contributed by atoms with Crippen LogP contribution in [0.25, 0.3) is 0 Å². The third-order valence-corrected chi connectivity index (χ3v) is 5.22. The molecule has 0 bridgehead atoms. The zero-order valence-corrected chi connectivity index (χ0v) is 11.2. The Morgan fingerprint density at radius 3 is 2.71 bits per heavy atom. The molecule has 2 rings (SSSR count). The predicted octanol–water partition coefficient (Wildman–Crippen LogP) is 1.83. The van der Waals surface area contributed by atoms with E-state index in [-0.39, 0.29) is 11.8 Å². The first-order valence-corrected chi connectivity index (χ1v) is 7.68. The second-order valence-corrected chi connectivity index (χ2v) is 6.85. The van der Waals surface area contributed by atoms with Crippen molar-refractivity contribution in [3.8, 4) is 0 Å². The fourth-order valence-electron chi connectivity index (χ4n) is 2.40. The van der Waals surface area contributed by atoms with Crippen LogP contribution in [-0.2, 0) is 9.84 Å². The lowest BCUT2D eigenvalue weighted by Crippen LogP contribution is -2.30. The lowest BCUT2D eigenvalue weighted by molar-refractivity contribution is 0.576. The predicted molar refractivity (Wildman–Crippen MR) is 69.0 cm³/mol. The molecule has 94 valence electrons. The van der Waals surface area contributed by atoms with Gasteiger partial charge in [-0.25, -0.2) is 8.42 Å². The average Bonchev–Trinajstić information content (AvgIpc) is 2.68. The Balaban J connectivity index is 2.24. The summed E-state index contributed by atoms with van der Waals surface area (Å²) in [6, 6.07) is 5.65. The number of nitrogens with one attached hydrogen (secondary N) is 1. The van der Waals surface area contributed by atoms with Crippen LogP contribution in [0.5, 0.6) is 0 Å². The Hall–Kier alpha value is -0.870. The molecule has 1 heterocycles. The van der Waals surface area contributed by atoms with Crippen LogP contribution in [-0.4, -0.2) is 26.8 Å². The topological polar surface area (TPSA) is 46.2 Å². The molecular weight excluding hydrogens is 234 g/mol. The standard InChI is InChI=1S/C13H19NO2S/c1-10-5-6-13(11(2)8-10)17(15,16)9-12-4-3-7-14-12/h5-6,8,12,14H,3-4,7,9H2,1-2H3. The van der Waals surface area contributed by atoms with Gasteiger partial charge in [-0.15, -0.1) is 0 Å². The second-order valence-electron chi connectivity index (χ2n) is 4.84. The summed E-state index contributed by atoms with van der Waals surface area (Å²) in [5.41, 5.74) is 1.95. The molecule has 1 aromatic carbocycles. The molecule has 0 radical (unpaired) electrons. The number of benzene rings is 1. The van der Waals surface area contributed by atoms with Crippen molar-refractivity contribution in [3.05, 3.63) is 29.3 Å². The molecule has 0 amide bonds. The maximum Gasteiger partial charge on any atom is 0.180 e. The van der Waals surface area contributed by atoms with Gasteiger partial charge in [-0.2, -0.15) is 0 Å². The van der Waals surface area contributed by atoms with E-state index < -0.39 is 9.84 Å². The van der Waals surface area contributed by atoms with Gasteiger partial charge in [0.05, 0.1) is 10.6 Å². The molecule has 17 heavy (non-hydrogen) atoms. The molecule has 1 aliphatic heterocycles. The molecule has 1 N–H and O–H groups in total. The van der Waals surface area contributed by atoms with Crippen LogP contribution in [0.15, 0.2) is 23.1 Å². The van der Waals surface area contributed by atoms with Crippen LogP contribution in [0.4, 0.5) is 0 Å². The molecule has 1 atom stereocenters. The Kier molecular flexibility index (Phi) is 3.54. The van der Waals surface area contributed by atoms with E-state index in [1.165, 1.54) is 0 Å². The molecule has 1 fully saturated rings. The molecule has 0 saturated carbocycles. The summed E-state index contributed by atoms with van der Waals surface area (Å²) < 4.78 is 24.6. The van der Waals surface area contributed by atoms with Crippen LogP contribution < -0.4 is 5.32 Å². The fourth-order valence-corrected chi connectivity index (χ4v) is 4.22. The van der Waals surface area contributed by atoms with E-state index in [1.54, 1.807) is 6.07 Å². The van der Waals surface area contributed by atoms with Gasteiger partial charge in [-0.3, -0.25) is 0 Å². The summed E-state index contributed by atoms with van der Waals surface area (Å²) >= 11 is 0. The Bertz CT molecular complexity index is 502. The normalized spacial score (nSPS) is 20.7. The summed E-state index contributed by atoms with van der Waals surface area (Å²) in [7, 11) is -3.15. The molecule has 1 saturated heterocycles. The van der Waals surface area contributed by atoms with Crippen LogP contribution >= 0.6 is 0 Å². The largest absolute Gasteiger partial charge is 0.313 e.